The van der Waals surface area contributed by atoms with E-state index >= 15 is 0 Å². The third-order valence-electron chi connectivity index (χ3n) is 1.99. The molecule has 86 valence electrons. The summed E-state index contributed by atoms with van der Waals surface area (Å²) in [5.74, 6) is 0.158. The summed E-state index contributed by atoms with van der Waals surface area (Å²) in [6, 6.07) is 10.5. The SMILES string of the molecule is O=C(Nc1ccc(Cl)nn1)c1ccccc1I. The summed E-state index contributed by atoms with van der Waals surface area (Å²) in [6.45, 7) is 0. The molecule has 0 spiro atoms. The number of halogens is 2. The Kier molecular flexibility index (Phi) is 3.90. The van der Waals surface area contributed by atoms with Crippen molar-refractivity contribution in [1.82, 2.24) is 10.2 Å². The van der Waals surface area contributed by atoms with Gasteiger partial charge in [0.15, 0.2) is 11.0 Å². The van der Waals surface area contributed by atoms with Crippen LogP contribution in [0.5, 0.6) is 0 Å². The van der Waals surface area contributed by atoms with Crippen LogP contribution in [0.25, 0.3) is 0 Å². The topological polar surface area (TPSA) is 54.9 Å². The number of anilines is 1. The lowest BCUT2D eigenvalue weighted by Crippen LogP contribution is -2.14. The van der Waals surface area contributed by atoms with Crippen molar-refractivity contribution < 1.29 is 4.79 Å². The molecule has 2 rings (SSSR count). The number of benzene rings is 1. The van der Waals surface area contributed by atoms with Crippen molar-refractivity contribution in [1.29, 1.82) is 0 Å². The van der Waals surface area contributed by atoms with Crippen LogP contribution in [0.2, 0.25) is 5.15 Å². The van der Waals surface area contributed by atoms with Gasteiger partial charge in [0.2, 0.25) is 0 Å². The van der Waals surface area contributed by atoms with Crippen molar-refractivity contribution in [2.75, 3.05) is 5.32 Å². The molecule has 1 aromatic heterocycles. The molecule has 0 saturated heterocycles. The molecule has 2 aromatic rings. The fourth-order valence-electron chi connectivity index (χ4n) is 1.21. The quantitative estimate of drug-likeness (QED) is 0.839. The highest BCUT2D eigenvalue weighted by Gasteiger charge is 2.09. The van der Waals surface area contributed by atoms with Gasteiger partial charge in [-0.1, -0.05) is 23.7 Å². The summed E-state index contributed by atoms with van der Waals surface area (Å²) in [5.41, 5.74) is 0.602. The summed E-state index contributed by atoms with van der Waals surface area (Å²) in [7, 11) is 0. The minimum Gasteiger partial charge on any atom is -0.305 e. The Bertz CT molecular complexity index is 545. The number of hydrogen-bond acceptors (Lipinski definition) is 3. The maximum absolute atomic E-state index is 11.9. The zero-order chi connectivity index (χ0) is 12.3. The van der Waals surface area contributed by atoms with Gasteiger partial charge in [0.1, 0.15) is 0 Å². The van der Waals surface area contributed by atoms with E-state index in [0.717, 1.165) is 3.57 Å². The van der Waals surface area contributed by atoms with E-state index in [4.69, 9.17) is 11.6 Å². The predicted octanol–water partition coefficient (Wildman–Crippen LogP) is 2.99. The van der Waals surface area contributed by atoms with Crippen LogP contribution in [0.4, 0.5) is 5.82 Å². The maximum Gasteiger partial charge on any atom is 0.257 e. The van der Waals surface area contributed by atoms with Crippen molar-refractivity contribution in [2.24, 2.45) is 0 Å². The molecular formula is C11H7ClIN3O. The molecule has 0 aliphatic carbocycles. The van der Waals surface area contributed by atoms with Crippen molar-refractivity contribution >= 4 is 45.9 Å². The molecule has 1 heterocycles. The number of hydrogen-bond donors (Lipinski definition) is 1. The average molecular weight is 360 g/mol. The minimum absolute atomic E-state index is 0.216. The van der Waals surface area contributed by atoms with Crippen LogP contribution in [0.3, 0.4) is 0 Å². The Hall–Kier alpha value is -1.21. The van der Waals surface area contributed by atoms with Gasteiger partial charge in [-0.25, -0.2) is 0 Å². The highest BCUT2D eigenvalue weighted by molar-refractivity contribution is 14.1. The van der Waals surface area contributed by atoms with E-state index in [1.54, 1.807) is 18.2 Å². The van der Waals surface area contributed by atoms with E-state index in [0.29, 0.717) is 11.4 Å². The molecule has 0 aliphatic rings. The fraction of sp³-hybridized carbons (Fsp3) is 0. The van der Waals surface area contributed by atoms with Gasteiger partial charge in [-0.05, 0) is 46.9 Å². The molecule has 0 saturated carbocycles. The number of carbonyl (C=O) groups excluding carboxylic acids is 1. The Morgan fingerprint density at radius 3 is 2.59 bits per heavy atom. The molecule has 1 aromatic carbocycles. The predicted molar refractivity (Wildman–Crippen MR) is 74.2 cm³/mol. The van der Waals surface area contributed by atoms with Gasteiger partial charge in [0.25, 0.3) is 5.91 Å². The Morgan fingerprint density at radius 1 is 1.18 bits per heavy atom. The second-order valence-corrected chi connectivity index (χ2v) is 4.72. The average Bonchev–Trinajstić information content (AvgIpc) is 2.32. The van der Waals surface area contributed by atoms with Gasteiger partial charge >= 0.3 is 0 Å². The molecule has 6 heteroatoms. The minimum atomic E-state index is -0.216. The molecule has 0 radical (unpaired) electrons. The lowest BCUT2D eigenvalue weighted by Gasteiger charge is -2.05. The summed E-state index contributed by atoms with van der Waals surface area (Å²) in [6.07, 6.45) is 0. The highest BCUT2D eigenvalue weighted by atomic mass is 127. The Labute approximate surface area is 117 Å². The molecule has 0 bridgehead atoms. The molecule has 0 unspecified atom stereocenters. The van der Waals surface area contributed by atoms with Crippen molar-refractivity contribution in [2.45, 2.75) is 0 Å². The zero-order valence-electron chi connectivity index (χ0n) is 8.52. The fourth-order valence-corrected chi connectivity index (χ4v) is 1.94. The van der Waals surface area contributed by atoms with E-state index in [1.807, 2.05) is 18.2 Å². The lowest BCUT2D eigenvalue weighted by molar-refractivity contribution is 0.102. The van der Waals surface area contributed by atoms with E-state index in [-0.39, 0.29) is 11.1 Å². The van der Waals surface area contributed by atoms with Gasteiger partial charge in [-0.3, -0.25) is 4.79 Å². The maximum atomic E-state index is 11.9. The number of amides is 1. The lowest BCUT2D eigenvalue weighted by atomic mass is 10.2. The number of aromatic nitrogens is 2. The number of nitrogens with one attached hydrogen (secondary N) is 1. The molecule has 0 atom stereocenters. The second-order valence-electron chi connectivity index (χ2n) is 3.18. The summed E-state index contributed by atoms with van der Waals surface area (Å²) < 4.78 is 0.879. The highest BCUT2D eigenvalue weighted by Crippen LogP contribution is 2.13. The summed E-state index contributed by atoms with van der Waals surface area (Å²) in [4.78, 5) is 11.9. The first-order chi connectivity index (χ1) is 8.16. The van der Waals surface area contributed by atoms with Gasteiger partial charge < -0.3 is 5.32 Å². The first-order valence-electron chi connectivity index (χ1n) is 4.72. The normalized spacial score (nSPS) is 10.0. The molecule has 0 fully saturated rings. The van der Waals surface area contributed by atoms with Crippen LogP contribution in [0, 0.1) is 3.57 Å². The molecular weight excluding hydrogens is 352 g/mol. The van der Waals surface area contributed by atoms with Crippen LogP contribution in [-0.2, 0) is 0 Å². The zero-order valence-corrected chi connectivity index (χ0v) is 11.4. The monoisotopic (exact) mass is 359 g/mol. The van der Waals surface area contributed by atoms with Crippen molar-refractivity contribution in [3.05, 3.63) is 50.7 Å². The standard InChI is InChI=1S/C11H7ClIN3O/c12-9-5-6-10(16-15-9)14-11(17)7-3-1-2-4-8(7)13/h1-6H,(H,14,16,17). The van der Waals surface area contributed by atoms with Crippen LogP contribution in [0.15, 0.2) is 36.4 Å². The number of carbonyl (C=O) groups is 1. The van der Waals surface area contributed by atoms with E-state index in [1.165, 1.54) is 0 Å². The van der Waals surface area contributed by atoms with E-state index < -0.39 is 0 Å². The third kappa shape index (κ3) is 3.13. The first-order valence-corrected chi connectivity index (χ1v) is 6.17. The smallest absolute Gasteiger partial charge is 0.257 e. The summed E-state index contributed by atoms with van der Waals surface area (Å²) >= 11 is 7.71. The van der Waals surface area contributed by atoms with Gasteiger partial charge in [-0.15, -0.1) is 10.2 Å². The van der Waals surface area contributed by atoms with Gasteiger partial charge in [-0.2, -0.15) is 0 Å². The van der Waals surface area contributed by atoms with Crippen LogP contribution < -0.4 is 5.32 Å². The van der Waals surface area contributed by atoms with Crippen LogP contribution in [-0.4, -0.2) is 16.1 Å². The summed E-state index contributed by atoms with van der Waals surface area (Å²) in [5, 5.41) is 10.3. The number of nitrogens with zero attached hydrogens (tertiary/aromatic N) is 2. The van der Waals surface area contributed by atoms with E-state index in [9.17, 15) is 4.79 Å². The Morgan fingerprint density at radius 2 is 1.94 bits per heavy atom. The molecule has 17 heavy (non-hydrogen) atoms. The largest absolute Gasteiger partial charge is 0.305 e. The van der Waals surface area contributed by atoms with Gasteiger partial charge in [0, 0.05) is 3.57 Å². The molecule has 1 N–H and O–H groups in total. The molecule has 0 aliphatic heterocycles. The first kappa shape index (κ1) is 12.3. The second kappa shape index (κ2) is 5.42. The van der Waals surface area contributed by atoms with Crippen molar-refractivity contribution in [3.8, 4) is 0 Å². The molecule has 1 amide bonds. The van der Waals surface area contributed by atoms with Crippen LogP contribution in [0.1, 0.15) is 10.4 Å². The van der Waals surface area contributed by atoms with Crippen molar-refractivity contribution in [3.63, 3.8) is 0 Å². The third-order valence-corrected chi connectivity index (χ3v) is 3.13. The van der Waals surface area contributed by atoms with E-state index in [2.05, 4.69) is 38.1 Å². The number of rotatable bonds is 2. The molecule has 4 nitrogen and oxygen atoms in total. The van der Waals surface area contributed by atoms with Crippen LogP contribution >= 0.6 is 34.2 Å². The Balaban J connectivity index is 2.17. The van der Waals surface area contributed by atoms with Gasteiger partial charge in [0.05, 0.1) is 5.56 Å².